The van der Waals surface area contributed by atoms with Crippen LogP contribution in [0, 0.1) is 6.92 Å². The van der Waals surface area contributed by atoms with Gasteiger partial charge in [-0.15, -0.1) is 0 Å². The van der Waals surface area contributed by atoms with Crippen LogP contribution in [0.4, 0.5) is 0 Å². The minimum Gasteiger partial charge on any atom is -0.494 e. The molecule has 0 aliphatic heterocycles. The first kappa shape index (κ1) is 16.0. The fourth-order valence-electron chi connectivity index (χ4n) is 1.71. The molecule has 107 valence electrons. The van der Waals surface area contributed by atoms with Crippen molar-refractivity contribution >= 4 is 9.84 Å². The fraction of sp³-hybridized carbons (Fsp3) is 0.533. The molecule has 0 bridgehead atoms. The Hall–Kier alpha value is -1.03. The maximum Gasteiger partial charge on any atom is 0.178 e. The highest BCUT2D eigenvalue weighted by atomic mass is 32.2. The average molecular weight is 283 g/mol. The van der Waals surface area contributed by atoms with E-state index in [2.05, 4.69) is 13.8 Å². The highest BCUT2D eigenvalue weighted by Gasteiger charge is 2.14. The van der Waals surface area contributed by atoms with Gasteiger partial charge in [0, 0.05) is 0 Å². The largest absolute Gasteiger partial charge is 0.494 e. The molecule has 0 aromatic heterocycles. The molecule has 0 fully saturated rings. The predicted octanol–water partition coefficient (Wildman–Crippen LogP) is 3.64. The van der Waals surface area contributed by atoms with E-state index in [9.17, 15) is 8.42 Å². The normalized spacial score (nSPS) is 11.5. The lowest BCUT2D eigenvalue weighted by Crippen LogP contribution is -2.07. The summed E-state index contributed by atoms with van der Waals surface area (Å²) in [5.41, 5.74) is 0. The molecule has 0 aliphatic carbocycles. The molecule has 0 atom stereocenters. The maximum atomic E-state index is 12.0. The lowest BCUT2D eigenvalue weighted by atomic mass is 10.3. The molecule has 1 rings (SSSR count). The maximum absolute atomic E-state index is 12.0. The zero-order chi connectivity index (χ0) is 14.1. The molecule has 1 radical (unpaired) electrons. The Morgan fingerprint density at radius 2 is 2.00 bits per heavy atom. The van der Waals surface area contributed by atoms with E-state index in [0.29, 0.717) is 30.1 Å². The second kappa shape index (κ2) is 8.20. The molecule has 0 spiro atoms. The Morgan fingerprint density at radius 1 is 1.21 bits per heavy atom. The Bertz CT molecular complexity index is 466. The fourth-order valence-corrected chi connectivity index (χ4v) is 3.11. The summed E-state index contributed by atoms with van der Waals surface area (Å²) in [6.07, 6.45) is 4.48. The lowest BCUT2D eigenvalue weighted by molar-refractivity contribution is 0.305. The van der Waals surface area contributed by atoms with Crippen LogP contribution in [-0.2, 0) is 9.84 Å². The number of benzene rings is 1. The molecule has 3 nitrogen and oxygen atoms in total. The Labute approximate surface area is 116 Å². The predicted molar refractivity (Wildman–Crippen MR) is 78.1 cm³/mol. The van der Waals surface area contributed by atoms with Crippen LogP contribution in [0.1, 0.15) is 39.0 Å². The molecule has 0 amide bonds. The van der Waals surface area contributed by atoms with Crippen molar-refractivity contribution in [3.63, 3.8) is 0 Å². The molecule has 0 saturated carbocycles. The molecule has 0 aliphatic rings. The highest BCUT2D eigenvalue weighted by molar-refractivity contribution is 7.91. The van der Waals surface area contributed by atoms with E-state index in [0.717, 1.165) is 19.3 Å². The SMILES string of the molecule is [CH2]CCCS(=O)(=O)c1cccc(OCCCCC)c1. The monoisotopic (exact) mass is 283 g/mol. The van der Waals surface area contributed by atoms with Gasteiger partial charge in [-0.2, -0.15) is 0 Å². The van der Waals surface area contributed by atoms with Gasteiger partial charge < -0.3 is 4.74 Å². The van der Waals surface area contributed by atoms with Crippen molar-refractivity contribution in [1.29, 1.82) is 0 Å². The van der Waals surface area contributed by atoms with Crippen LogP contribution in [-0.4, -0.2) is 20.8 Å². The summed E-state index contributed by atoms with van der Waals surface area (Å²) in [6.45, 7) is 6.44. The summed E-state index contributed by atoms with van der Waals surface area (Å²) in [6, 6.07) is 6.76. The molecular weight excluding hydrogens is 260 g/mol. The van der Waals surface area contributed by atoms with E-state index < -0.39 is 9.84 Å². The standard InChI is InChI=1S/C15H23O3S/c1-3-5-7-11-18-14-9-8-10-15(13-14)19(16,17)12-6-4-2/h8-10,13H,2-7,11-12H2,1H3. The van der Waals surface area contributed by atoms with Gasteiger partial charge in [-0.3, -0.25) is 0 Å². The van der Waals surface area contributed by atoms with Gasteiger partial charge in [0.2, 0.25) is 0 Å². The number of sulfone groups is 1. The van der Waals surface area contributed by atoms with E-state index in [1.165, 1.54) is 0 Å². The first-order valence-electron chi connectivity index (χ1n) is 6.85. The van der Waals surface area contributed by atoms with Crippen molar-refractivity contribution in [2.45, 2.75) is 43.9 Å². The van der Waals surface area contributed by atoms with Gasteiger partial charge in [0.05, 0.1) is 17.3 Å². The van der Waals surface area contributed by atoms with Gasteiger partial charge in [0.25, 0.3) is 0 Å². The second-order valence-corrected chi connectivity index (χ2v) is 6.67. The average Bonchev–Trinajstić information content (AvgIpc) is 2.42. The van der Waals surface area contributed by atoms with E-state index in [4.69, 9.17) is 4.74 Å². The van der Waals surface area contributed by atoms with Gasteiger partial charge in [0.1, 0.15) is 5.75 Å². The third-order valence-electron chi connectivity index (χ3n) is 2.84. The Kier molecular flexibility index (Phi) is 6.92. The minimum atomic E-state index is -3.20. The number of hydrogen-bond donors (Lipinski definition) is 0. The first-order chi connectivity index (χ1) is 9.10. The molecule has 0 N–H and O–H groups in total. The van der Waals surface area contributed by atoms with Gasteiger partial charge in [0.15, 0.2) is 9.84 Å². The van der Waals surface area contributed by atoms with Gasteiger partial charge in [-0.05, 0) is 31.0 Å². The van der Waals surface area contributed by atoms with E-state index in [-0.39, 0.29) is 5.75 Å². The first-order valence-corrected chi connectivity index (χ1v) is 8.50. The van der Waals surface area contributed by atoms with E-state index in [1.807, 2.05) is 0 Å². The van der Waals surface area contributed by atoms with Crippen molar-refractivity contribution in [3.05, 3.63) is 31.2 Å². The topological polar surface area (TPSA) is 43.4 Å². The minimum absolute atomic E-state index is 0.149. The van der Waals surface area contributed by atoms with E-state index in [1.54, 1.807) is 24.3 Å². The lowest BCUT2D eigenvalue weighted by Gasteiger charge is -2.08. The van der Waals surface area contributed by atoms with Crippen LogP contribution in [0.2, 0.25) is 0 Å². The van der Waals surface area contributed by atoms with Crippen LogP contribution in [0.15, 0.2) is 29.2 Å². The van der Waals surface area contributed by atoms with Crippen LogP contribution >= 0.6 is 0 Å². The smallest absolute Gasteiger partial charge is 0.178 e. The van der Waals surface area contributed by atoms with Crippen molar-refractivity contribution in [3.8, 4) is 5.75 Å². The van der Waals surface area contributed by atoms with Gasteiger partial charge >= 0.3 is 0 Å². The summed E-state index contributed by atoms with van der Waals surface area (Å²) < 4.78 is 29.6. The van der Waals surface area contributed by atoms with E-state index >= 15 is 0 Å². The van der Waals surface area contributed by atoms with Crippen molar-refractivity contribution in [1.82, 2.24) is 0 Å². The second-order valence-electron chi connectivity index (χ2n) is 4.56. The van der Waals surface area contributed by atoms with Crippen molar-refractivity contribution in [2.75, 3.05) is 12.4 Å². The third-order valence-corrected chi connectivity index (χ3v) is 4.64. The van der Waals surface area contributed by atoms with Crippen LogP contribution < -0.4 is 4.74 Å². The third kappa shape index (κ3) is 5.64. The molecular formula is C15H23O3S. The molecule has 0 saturated heterocycles. The summed E-state index contributed by atoms with van der Waals surface area (Å²) in [5.74, 6) is 0.780. The molecule has 4 heteroatoms. The van der Waals surface area contributed by atoms with Crippen LogP contribution in [0.25, 0.3) is 0 Å². The quantitative estimate of drug-likeness (QED) is 0.650. The van der Waals surface area contributed by atoms with Crippen molar-refractivity contribution in [2.24, 2.45) is 0 Å². The summed E-state index contributed by atoms with van der Waals surface area (Å²) in [7, 11) is -3.20. The number of rotatable bonds is 9. The van der Waals surface area contributed by atoms with Crippen molar-refractivity contribution < 1.29 is 13.2 Å². The Morgan fingerprint density at radius 3 is 2.68 bits per heavy atom. The van der Waals surface area contributed by atoms with Gasteiger partial charge in [-0.25, -0.2) is 8.42 Å². The zero-order valence-corrected chi connectivity index (χ0v) is 12.4. The van der Waals surface area contributed by atoms with Crippen LogP contribution in [0.5, 0.6) is 5.75 Å². The zero-order valence-electron chi connectivity index (χ0n) is 11.6. The highest BCUT2D eigenvalue weighted by Crippen LogP contribution is 2.19. The molecule has 0 unspecified atom stereocenters. The summed E-state index contributed by atoms with van der Waals surface area (Å²) >= 11 is 0. The summed E-state index contributed by atoms with van der Waals surface area (Å²) in [4.78, 5) is 0.342. The molecule has 19 heavy (non-hydrogen) atoms. The number of unbranched alkanes of at least 4 members (excludes halogenated alkanes) is 3. The number of hydrogen-bond acceptors (Lipinski definition) is 3. The molecule has 1 aromatic rings. The van der Waals surface area contributed by atoms with Crippen LogP contribution in [0.3, 0.4) is 0 Å². The summed E-state index contributed by atoms with van der Waals surface area (Å²) in [5, 5.41) is 0. The number of ether oxygens (including phenoxy) is 1. The molecule has 1 aromatic carbocycles. The molecule has 0 heterocycles. The van der Waals surface area contributed by atoms with Gasteiger partial charge in [-0.1, -0.05) is 39.2 Å². The Balaban J connectivity index is 2.66.